The maximum atomic E-state index is 5.73. The summed E-state index contributed by atoms with van der Waals surface area (Å²) in [5.74, 6) is 0.676. The Kier molecular flexibility index (Phi) is 3.98. The zero-order valence-electron chi connectivity index (χ0n) is 5.89. The van der Waals surface area contributed by atoms with E-state index in [1.54, 1.807) is 11.3 Å². The quantitative estimate of drug-likeness (QED) is 0.656. The van der Waals surface area contributed by atoms with Gasteiger partial charge in [0.15, 0.2) is 0 Å². The lowest BCUT2D eigenvalue weighted by molar-refractivity contribution is 1.25. The smallest absolute Gasteiger partial charge is 0.0934 e. The summed E-state index contributed by atoms with van der Waals surface area (Å²) in [5, 5.41) is 0. The van der Waals surface area contributed by atoms with Crippen molar-refractivity contribution < 1.29 is 0 Å². The van der Waals surface area contributed by atoms with Crippen molar-refractivity contribution in [1.82, 2.24) is 0 Å². The number of hydrogen-bond donors (Lipinski definition) is 0. The van der Waals surface area contributed by atoms with Gasteiger partial charge in [0.05, 0.1) is 4.34 Å². The van der Waals surface area contributed by atoms with Crippen molar-refractivity contribution in [2.45, 2.75) is 6.42 Å². The highest BCUT2D eigenvalue weighted by Crippen LogP contribution is 2.22. The van der Waals surface area contributed by atoms with Gasteiger partial charge in [0, 0.05) is 10.8 Å². The van der Waals surface area contributed by atoms with Crippen molar-refractivity contribution >= 4 is 40.6 Å². The van der Waals surface area contributed by atoms with Crippen molar-refractivity contribution in [3.63, 3.8) is 0 Å². The molecule has 0 N–H and O–H groups in total. The van der Waals surface area contributed by atoms with Crippen molar-refractivity contribution in [3.05, 3.63) is 27.4 Å². The van der Waals surface area contributed by atoms with Gasteiger partial charge in [-0.1, -0.05) is 17.7 Å². The molecule has 1 aromatic heterocycles. The lowest BCUT2D eigenvalue weighted by atomic mass is 10.4. The molecule has 0 radical (unpaired) electrons. The van der Waals surface area contributed by atoms with Crippen LogP contribution < -0.4 is 0 Å². The van der Waals surface area contributed by atoms with Gasteiger partial charge >= 0.3 is 0 Å². The summed E-state index contributed by atoms with van der Waals surface area (Å²) in [7, 11) is 0. The predicted molar refractivity (Wildman–Crippen MR) is 53.7 cm³/mol. The molecule has 0 unspecified atom stereocenters. The van der Waals surface area contributed by atoms with Crippen LogP contribution in [0.3, 0.4) is 0 Å². The zero-order chi connectivity index (χ0) is 8.10. The Morgan fingerprint density at radius 3 is 2.82 bits per heavy atom. The van der Waals surface area contributed by atoms with Crippen LogP contribution in [0.25, 0.3) is 6.08 Å². The largest absolute Gasteiger partial charge is 0.126 e. The Bertz CT molecular complexity index is 240. The van der Waals surface area contributed by atoms with E-state index in [1.807, 2.05) is 18.2 Å². The minimum absolute atomic E-state index is 0.676. The Morgan fingerprint density at radius 1 is 1.45 bits per heavy atom. The van der Waals surface area contributed by atoms with Gasteiger partial charge in [-0.25, -0.2) is 0 Å². The molecule has 0 saturated heterocycles. The van der Waals surface area contributed by atoms with Crippen LogP contribution in [0.2, 0.25) is 4.34 Å². The summed E-state index contributed by atoms with van der Waals surface area (Å²) in [5.41, 5.74) is 0. The first-order chi connectivity index (χ1) is 5.33. The van der Waals surface area contributed by atoms with Gasteiger partial charge in [-0.3, -0.25) is 0 Å². The van der Waals surface area contributed by atoms with E-state index in [-0.39, 0.29) is 0 Å². The van der Waals surface area contributed by atoms with Crippen LogP contribution in [-0.4, -0.2) is 5.88 Å². The van der Waals surface area contributed by atoms with E-state index in [2.05, 4.69) is 6.08 Å². The van der Waals surface area contributed by atoms with E-state index in [0.717, 1.165) is 10.8 Å². The predicted octanol–water partition coefficient (Wildman–Crippen LogP) is 4.04. The van der Waals surface area contributed by atoms with Crippen LogP contribution in [0, 0.1) is 0 Å². The molecule has 0 amide bonds. The van der Waals surface area contributed by atoms with Crippen molar-refractivity contribution in [2.75, 3.05) is 5.88 Å². The van der Waals surface area contributed by atoms with Gasteiger partial charge < -0.3 is 0 Å². The van der Waals surface area contributed by atoms with E-state index in [0.29, 0.717) is 5.88 Å². The molecule has 0 aliphatic rings. The van der Waals surface area contributed by atoms with Crippen LogP contribution in [0.15, 0.2) is 18.2 Å². The Balaban J connectivity index is 2.50. The average molecular weight is 207 g/mol. The molecule has 0 fully saturated rings. The number of hydrogen-bond acceptors (Lipinski definition) is 1. The molecule has 0 atom stereocenters. The summed E-state index contributed by atoms with van der Waals surface area (Å²) >= 11 is 12.8. The summed E-state index contributed by atoms with van der Waals surface area (Å²) in [4.78, 5) is 1.18. The molecule has 1 aromatic rings. The van der Waals surface area contributed by atoms with Crippen LogP contribution in [0.1, 0.15) is 11.3 Å². The highest BCUT2D eigenvalue weighted by molar-refractivity contribution is 7.16. The topological polar surface area (TPSA) is 0 Å². The van der Waals surface area contributed by atoms with E-state index < -0.39 is 0 Å². The fraction of sp³-hybridized carbons (Fsp3) is 0.250. The second kappa shape index (κ2) is 4.81. The van der Waals surface area contributed by atoms with Crippen molar-refractivity contribution in [2.24, 2.45) is 0 Å². The second-order valence-corrected chi connectivity index (χ2v) is 4.15. The van der Waals surface area contributed by atoms with Gasteiger partial charge in [-0.2, -0.15) is 0 Å². The Morgan fingerprint density at radius 2 is 2.27 bits per heavy atom. The van der Waals surface area contributed by atoms with Crippen molar-refractivity contribution in [3.8, 4) is 0 Å². The number of rotatable bonds is 3. The molecule has 60 valence electrons. The molecular weight excluding hydrogens is 199 g/mol. The summed E-state index contributed by atoms with van der Waals surface area (Å²) in [6, 6.07) is 3.89. The molecule has 0 aromatic carbocycles. The minimum atomic E-state index is 0.676. The molecular formula is C8H8Cl2S. The maximum absolute atomic E-state index is 5.73. The van der Waals surface area contributed by atoms with Crippen LogP contribution in [-0.2, 0) is 0 Å². The lowest BCUT2D eigenvalue weighted by Gasteiger charge is -1.82. The molecule has 0 aliphatic heterocycles. The fourth-order valence-corrected chi connectivity index (χ4v) is 1.80. The lowest BCUT2D eigenvalue weighted by Crippen LogP contribution is -1.64. The van der Waals surface area contributed by atoms with Gasteiger partial charge in [0.25, 0.3) is 0 Å². The minimum Gasteiger partial charge on any atom is -0.126 e. The SMILES string of the molecule is ClCCC=Cc1ccc(Cl)s1. The first-order valence-electron chi connectivity index (χ1n) is 3.31. The van der Waals surface area contributed by atoms with E-state index in [9.17, 15) is 0 Å². The third kappa shape index (κ3) is 3.28. The highest BCUT2D eigenvalue weighted by atomic mass is 35.5. The average Bonchev–Trinajstić information content (AvgIpc) is 2.37. The third-order valence-corrected chi connectivity index (χ3v) is 2.57. The van der Waals surface area contributed by atoms with Crippen LogP contribution >= 0.6 is 34.5 Å². The van der Waals surface area contributed by atoms with Gasteiger partial charge in [0.1, 0.15) is 0 Å². The van der Waals surface area contributed by atoms with Crippen molar-refractivity contribution in [1.29, 1.82) is 0 Å². The van der Waals surface area contributed by atoms with Gasteiger partial charge in [-0.15, -0.1) is 22.9 Å². The molecule has 0 nitrogen and oxygen atoms in total. The summed E-state index contributed by atoms with van der Waals surface area (Å²) in [6.07, 6.45) is 5.01. The normalized spacial score (nSPS) is 11.1. The van der Waals surface area contributed by atoms with E-state index >= 15 is 0 Å². The fourth-order valence-electron chi connectivity index (χ4n) is 0.680. The molecule has 1 rings (SSSR count). The maximum Gasteiger partial charge on any atom is 0.0934 e. The number of halogens is 2. The van der Waals surface area contributed by atoms with E-state index in [1.165, 1.54) is 4.88 Å². The highest BCUT2D eigenvalue weighted by Gasteiger charge is 1.91. The molecule has 3 heteroatoms. The zero-order valence-corrected chi connectivity index (χ0v) is 8.22. The van der Waals surface area contributed by atoms with Crippen LogP contribution in [0.5, 0.6) is 0 Å². The standard InChI is InChI=1S/C8H8Cl2S/c9-6-2-1-3-7-4-5-8(10)11-7/h1,3-5H,2,6H2. The molecule has 0 saturated carbocycles. The third-order valence-electron chi connectivity index (χ3n) is 1.15. The summed E-state index contributed by atoms with van der Waals surface area (Å²) < 4.78 is 0.829. The van der Waals surface area contributed by atoms with Gasteiger partial charge in [0.2, 0.25) is 0 Å². The van der Waals surface area contributed by atoms with E-state index in [4.69, 9.17) is 23.2 Å². The van der Waals surface area contributed by atoms with Gasteiger partial charge in [-0.05, 0) is 24.6 Å². The van der Waals surface area contributed by atoms with Crippen LogP contribution in [0.4, 0.5) is 0 Å². The number of alkyl halides is 1. The number of thiophene rings is 1. The summed E-state index contributed by atoms with van der Waals surface area (Å²) in [6.45, 7) is 0. The number of allylic oxidation sites excluding steroid dienone is 1. The second-order valence-electron chi connectivity index (χ2n) is 2.02. The molecule has 0 bridgehead atoms. The molecule has 0 spiro atoms. The monoisotopic (exact) mass is 206 g/mol. The Hall–Kier alpha value is 0.0200. The molecule has 1 heterocycles. The molecule has 0 aliphatic carbocycles. The first kappa shape index (κ1) is 9.11. The Labute approximate surface area is 80.4 Å². The first-order valence-corrected chi connectivity index (χ1v) is 5.03. The molecule has 11 heavy (non-hydrogen) atoms.